The second kappa shape index (κ2) is 9.68. The van der Waals surface area contributed by atoms with Crippen LogP contribution < -0.4 is 10.1 Å². The van der Waals surface area contributed by atoms with E-state index in [0.717, 1.165) is 39.8 Å². The molecule has 6 nitrogen and oxygen atoms in total. The molecule has 178 valence electrons. The van der Waals surface area contributed by atoms with Crippen LogP contribution in [0, 0.1) is 13.8 Å². The van der Waals surface area contributed by atoms with Crippen LogP contribution >= 0.6 is 23.8 Å². The highest BCUT2D eigenvalue weighted by atomic mass is 35.5. The number of ether oxygens (including phenoxy) is 1. The van der Waals surface area contributed by atoms with Crippen molar-refractivity contribution in [2.24, 2.45) is 0 Å². The predicted octanol–water partition coefficient (Wildman–Crippen LogP) is 5.72. The summed E-state index contributed by atoms with van der Waals surface area (Å²) in [7, 11) is 1.67. The molecule has 0 saturated carbocycles. The first kappa shape index (κ1) is 23.3. The highest BCUT2D eigenvalue weighted by Gasteiger charge is 2.41. The van der Waals surface area contributed by atoms with Crippen LogP contribution in [-0.2, 0) is 6.54 Å². The molecule has 1 aliphatic heterocycles. The van der Waals surface area contributed by atoms with Gasteiger partial charge in [-0.1, -0.05) is 23.7 Å². The van der Waals surface area contributed by atoms with Gasteiger partial charge in [-0.05, 0) is 80.2 Å². The highest BCUT2D eigenvalue weighted by molar-refractivity contribution is 7.80. The van der Waals surface area contributed by atoms with Crippen LogP contribution in [0.5, 0.6) is 5.75 Å². The molecule has 0 unspecified atom stereocenters. The summed E-state index contributed by atoms with van der Waals surface area (Å²) < 4.78 is 7.86. The largest absolute Gasteiger partial charge is 0.495 e. The third-order valence-electron chi connectivity index (χ3n) is 6.43. The number of methoxy groups -OCH3 is 1. The van der Waals surface area contributed by atoms with Gasteiger partial charge in [-0.2, -0.15) is 0 Å². The SMILES string of the molecule is COc1ccc(Cl)cc1-n1c(C)cc([C@H]2[C@@H](c3ccccn3)NC(=S)N2Cc2ccccn2)c1C. The standard InChI is InChI=1S/C27H26ClN5OS/c1-17-14-21(18(2)33(17)23-15-19(28)10-11-24(23)34-3)26-25(22-9-5-7-13-30-22)31-27(35)32(26)16-20-8-4-6-12-29-20/h4-15,25-26H,16H2,1-3H3,(H,31,35)/t25-,26+/m1/s1. The Morgan fingerprint density at radius 3 is 2.49 bits per heavy atom. The molecule has 0 radical (unpaired) electrons. The summed E-state index contributed by atoms with van der Waals surface area (Å²) in [4.78, 5) is 11.4. The van der Waals surface area contributed by atoms with Crippen LogP contribution in [0.4, 0.5) is 0 Å². The lowest BCUT2D eigenvalue weighted by Crippen LogP contribution is -2.29. The average Bonchev–Trinajstić information content (AvgIpc) is 3.35. The molecule has 1 aromatic carbocycles. The summed E-state index contributed by atoms with van der Waals surface area (Å²) >= 11 is 12.2. The smallest absolute Gasteiger partial charge is 0.170 e. The molecule has 1 saturated heterocycles. The van der Waals surface area contributed by atoms with Crippen molar-refractivity contribution in [3.8, 4) is 11.4 Å². The number of rotatable bonds is 6. The van der Waals surface area contributed by atoms with Gasteiger partial charge in [0.05, 0.1) is 42.8 Å². The monoisotopic (exact) mass is 503 g/mol. The maximum absolute atomic E-state index is 6.38. The Hall–Kier alpha value is -3.42. The summed E-state index contributed by atoms with van der Waals surface area (Å²) in [5.74, 6) is 0.759. The normalized spacial score (nSPS) is 17.5. The maximum atomic E-state index is 6.38. The quantitative estimate of drug-likeness (QED) is 0.340. The Kier molecular flexibility index (Phi) is 6.45. The Morgan fingerprint density at radius 1 is 1.03 bits per heavy atom. The lowest BCUT2D eigenvalue weighted by molar-refractivity contribution is 0.307. The van der Waals surface area contributed by atoms with Crippen molar-refractivity contribution in [2.75, 3.05) is 7.11 Å². The zero-order valence-corrected chi connectivity index (χ0v) is 21.3. The minimum atomic E-state index is -0.109. The molecule has 1 aliphatic rings. The number of aromatic nitrogens is 3. The lowest BCUT2D eigenvalue weighted by Gasteiger charge is -2.28. The summed E-state index contributed by atoms with van der Waals surface area (Å²) in [6.45, 7) is 4.81. The first-order chi connectivity index (χ1) is 17.0. The molecular formula is C27H26ClN5OS. The predicted molar refractivity (Wildman–Crippen MR) is 142 cm³/mol. The minimum Gasteiger partial charge on any atom is -0.495 e. The van der Waals surface area contributed by atoms with Crippen LogP contribution in [0.25, 0.3) is 5.69 Å². The number of hydrogen-bond acceptors (Lipinski definition) is 4. The number of aryl methyl sites for hydroxylation is 1. The van der Waals surface area contributed by atoms with Gasteiger partial charge in [-0.25, -0.2) is 0 Å². The van der Waals surface area contributed by atoms with E-state index >= 15 is 0 Å². The van der Waals surface area contributed by atoms with Crippen LogP contribution in [0.3, 0.4) is 0 Å². The summed E-state index contributed by atoms with van der Waals surface area (Å²) in [6, 6.07) is 19.6. The first-order valence-electron chi connectivity index (χ1n) is 11.4. The molecule has 0 aliphatic carbocycles. The third-order valence-corrected chi connectivity index (χ3v) is 7.01. The van der Waals surface area contributed by atoms with E-state index in [-0.39, 0.29) is 12.1 Å². The maximum Gasteiger partial charge on any atom is 0.170 e. The summed E-state index contributed by atoms with van der Waals surface area (Å²) in [5, 5.41) is 4.86. The number of halogens is 1. The number of nitrogens with one attached hydrogen (secondary N) is 1. The molecule has 0 bridgehead atoms. The van der Waals surface area contributed by atoms with Gasteiger partial charge >= 0.3 is 0 Å². The Balaban J connectivity index is 1.65. The fraction of sp³-hybridized carbons (Fsp3) is 0.222. The van der Waals surface area contributed by atoms with Gasteiger partial charge in [0.2, 0.25) is 0 Å². The lowest BCUT2D eigenvalue weighted by atomic mass is 9.96. The molecule has 4 aromatic rings. The number of nitrogens with zero attached hydrogens (tertiary/aromatic N) is 4. The van der Waals surface area contributed by atoms with Gasteiger partial charge < -0.3 is 19.5 Å². The van der Waals surface area contributed by atoms with Crippen LogP contribution in [0.2, 0.25) is 5.02 Å². The highest BCUT2D eigenvalue weighted by Crippen LogP contribution is 2.42. The Bertz CT molecular complexity index is 1360. The van der Waals surface area contributed by atoms with Crippen molar-refractivity contribution in [1.29, 1.82) is 0 Å². The zero-order chi connectivity index (χ0) is 24.5. The minimum absolute atomic E-state index is 0.0791. The second-order valence-corrected chi connectivity index (χ2v) is 9.38. The van der Waals surface area contributed by atoms with Crippen LogP contribution in [0.1, 0.15) is 40.4 Å². The first-order valence-corrected chi connectivity index (χ1v) is 12.2. The average molecular weight is 504 g/mol. The molecule has 3 aromatic heterocycles. The van der Waals surface area contributed by atoms with E-state index in [0.29, 0.717) is 16.7 Å². The van der Waals surface area contributed by atoms with Gasteiger partial charge in [0.1, 0.15) is 5.75 Å². The van der Waals surface area contributed by atoms with Gasteiger partial charge in [0.15, 0.2) is 5.11 Å². The van der Waals surface area contributed by atoms with E-state index in [1.165, 1.54) is 0 Å². The summed E-state index contributed by atoms with van der Waals surface area (Å²) in [6.07, 6.45) is 3.63. The zero-order valence-electron chi connectivity index (χ0n) is 19.8. The number of hydrogen-bond donors (Lipinski definition) is 1. The topological polar surface area (TPSA) is 55.2 Å². The number of pyridine rings is 2. The van der Waals surface area contributed by atoms with E-state index in [4.69, 9.17) is 28.6 Å². The van der Waals surface area contributed by atoms with Crippen molar-refractivity contribution in [2.45, 2.75) is 32.5 Å². The van der Waals surface area contributed by atoms with E-state index in [1.54, 1.807) is 7.11 Å². The van der Waals surface area contributed by atoms with E-state index < -0.39 is 0 Å². The molecule has 5 rings (SSSR count). The molecule has 0 spiro atoms. The fourth-order valence-electron chi connectivity index (χ4n) is 4.88. The molecule has 4 heterocycles. The Morgan fingerprint density at radius 2 is 1.80 bits per heavy atom. The molecule has 0 amide bonds. The Labute approximate surface area is 215 Å². The van der Waals surface area contributed by atoms with Gasteiger partial charge in [0.25, 0.3) is 0 Å². The molecular weight excluding hydrogens is 478 g/mol. The summed E-state index contributed by atoms with van der Waals surface area (Å²) in [5.41, 5.74) is 6.12. The van der Waals surface area contributed by atoms with Gasteiger partial charge in [-0.15, -0.1) is 0 Å². The number of benzene rings is 1. The number of thiocarbonyl (C=S) groups is 1. The van der Waals surface area contributed by atoms with Crippen molar-refractivity contribution >= 4 is 28.9 Å². The molecule has 1 N–H and O–H groups in total. The van der Waals surface area contributed by atoms with Crippen molar-refractivity contribution < 1.29 is 4.74 Å². The third kappa shape index (κ3) is 4.37. The van der Waals surface area contributed by atoms with Crippen LogP contribution in [0.15, 0.2) is 73.1 Å². The van der Waals surface area contributed by atoms with Crippen molar-refractivity contribution in [3.63, 3.8) is 0 Å². The van der Waals surface area contributed by atoms with Gasteiger partial charge in [0, 0.05) is 28.8 Å². The second-order valence-electron chi connectivity index (χ2n) is 8.55. The van der Waals surface area contributed by atoms with Crippen LogP contribution in [-0.4, -0.2) is 31.7 Å². The van der Waals surface area contributed by atoms with Crippen molar-refractivity contribution in [3.05, 3.63) is 106 Å². The fourth-order valence-corrected chi connectivity index (χ4v) is 5.35. The molecule has 1 fully saturated rings. The van der Waals surface area contributed by atoms with Crippen molar-refractivity contribution in [1.82, 2.24) is 24.8 Å². The van der Waals surface area contributed by atoms with Gasteiger partial charge in [-0.3, -0.25) is 9.97 Å². The molecule has 35 heavy (non-hydrogen) atoms. The molecule has 8 heteroatoms. The molecule has 2 atom stereocenters. The van der Waals surface area contributed by atoms with E-state index in [9.17, 15) is 0 Å². The van der Waals surface area contributed by atoms with E-state index in [1.807, 2.05) is 67.0 Å². The van der Waals surface area contributed by atoms with E-state index in [2.05, 4.69) is 44.7 Å².